The molecule has 0 aromatic heterocycles. The summed E-state index contributed by atoms with van der Waals surface area (Å²) in [5.41, 5.74) is 0.282. The molecule has 98 valence electrons. The fraction of sp³-hybridized carbons (Fsp3) is 0.0714. The van der Waals surface area contributed by atoms with Crippen LogP contribution in [-0.4, -0.2) is 5.78 Å². The quantitative estimate of drug-likeness (QED) is 0.730. The van der Waals surface area contributed by atoms with E-state index in [-0.39, 0.29) is 27.0 Å². The van der Waals surface area contributed by atoms with Gasteiger partial charge in [-0.25, -0.2) is 8.78 Å². The maximum atomic E-state index is 13.6. The Balaban J connectivity index is 2.34. The topological polar surface area (TPSA) is 17.1 Å². The highest BCUT2D eigenvalue weighted by atomic mass is 79.9. The van der Waals surface area contributed by atoms with Gasteiger partial charge in [0.2, 0.25) is 0 Å². The molecule has 0 aliphatic heterocycles. The van der Waals surface area contributed by atoms with E-state index in [9.17, 15) is 13.6 Å². The standard InChI is InChI=1S/C14H8BrClF2O/c15-14-8(3-1-6-12(14)18)13(19)7-9-10(16)4-2-5-11(9)17/h1-6H,7H2. The van der Waals surface area contributed by atoms with Crippen LogP contribution in [0.5, 0.6) is 0 Å². The largest absolute Gasteiger partial charge is 0.294 e. The van der Waals surface area contributed by atoms with E-state index >= 15 is 0 Å². The SMILES string of the molecule is O=C(Cc1c(F)cccc1Cl)c1cccc(F)c1Br. The smallest absolute Gasteiger partial charge is 0.168 e. The van der Waals surface area contributed by atoms with Gasteiger partial charge in [-0.05, 0) is 34.1 Å². The highest BCUT2D eigenvalue weighted by Crippen LogP contribution is 2.25. The second-order valence-corrected chi connectivity index (χ2v) is 5.10. The van der Waals surface area contributed by atoms with E-state index in [0.29, 0.717) is 0 Å². The van der Waals surface area contributed by atoms with Crippen LogP contribution < -0.4 is 0 Å². The first kappa shape index (κ1) is 14.2. The third-order valence-corrected chi connectivity index (χ3v) is 3.81. The van der Waals surface area contributed by atoms with Gasteiger partial charge in [0.25, 0.3) is 0 Å². The third-order valence-electron chi connectivity index (χ3n) is 2.65. The Morgan fingerprint density at radius 2 is 1.74 bits per heavy atom. The Morgan fingerprint density at radius 3 is 2.42 bits per heavy atom. The molecule has 0 N–H and O–H groups in total. The van der Waals surface area contributed by atoms with Crippen LogP contribution in [0.25, 0.3) is 0 Å². The zero-order chi connectivity index (χ0) is 14.0. The average molecular weight is 346 g/mol. The zero-order valence-corrected chi connectivity index (χ0v) is 11.9. The van der Waals surface area contributed by atoms with Crippen molar-refractivity contribution in [2.75, 3.05) is 0 Å². The summed E-state index contributed by atoms with van der Waals surface area (Å²) in [6.07, 6.45) is -0.215. The van der Waals surface area contributed by atoms with Crippen molar-refractivity contribution >= 4 is 33.3 Å². The Labute approximate surface area is 122 Å². The van der Waals surface area contributed by atoms with Gasteiger partial charge in [-0.3, -0.25) is 4.79 Å². The first-order valence-corrected chi connectivity index (χ1v) is 6.58. The molecule has 0 aliphatic carbocycles. The number of halogens is 4. The van der Waals surface area contributed by atoms with Crippen molar-refractivity contribution in [3.05, 3.63) is 68.7 Å². The monoisotopic (exact) mass is 344 g/mol. The molecule has 0 amide bonds. The predicted molar refractivity (Wildman–Crippen MR) is 73.5 cm³/mol. The number of hydrogen-bond acceptors (Lipinski definition) is 1. The molecule has 0 radical (unpaired) electrons. The first-order chi connectivity index (χ1) is 9.00. The fourth-order valence-electron chi connectivity index (χ4n) is 1.68. The van der Waals surface area contributed by atoms with Crippen LogP contribution in [0.1, 0.15) is 15.9 Å². The number of benzene rings is 2. The lowest BCUT2D eigenvalue weighted by atomic mass is 10.0. The first-order valence-electron chi connectivity index (χ1n) is 5.41. The number of rotatable bonds is 3. The van der Waals surface area contributed by atoms with Crippen molar-refractivity contribution in [2.45, 2.75) is 6.42 Å². The van der Waals surface area contributed by atoms with Crippen LogP contribution in [0.4, 0.5) is 8.78 Å². The predicted octanol–water partition coefficient (Wildman–Crippen LogP) is 4.81. The second kappa shape index (κ2) is 5.80. The molecule has 0 atom stereocenters. The highest BCUT2D eigenvalue weighted by molar-refractivity contribution is 9.10. The molecule has 0 fully saturated rings. The van der Waals surface area contributed by atoms with Crippen molar-refractivity contribution in [3.63, 3.8) is 0 Å². The van der Waals surface area contributed by atoms with E-state index in [2.05, 4.69) is 15.9 Å². The summed E-state index contributed by atoms with van der Waals surface area (Å²) in [6.45, 7) is 0. The Hall–Kier alpha value is -1.26. The summed E-state index contributed by atoms with van der Waals surface area (Å²) >= 11 is 8.86. The van der Waals surface area contributed by atoms with Gasteiger partial charge in [0.15, 0.2) is 5.78 Å². The molecule has 0 bridgehead atoms. The summed E-state index contributed by atoms with van der Waals surface area (Å²) in [7, 11) is 0. The molecule has 2 rings (SSSR count). The average Bonchev–Trinajstić information content (AvgIpc) is 2.37. The van der Waals surface area contributed by atoms with Gasteiger partial charge in [-0.15, -0.1) is 0 Å². The molecule has 0 saturated carbocycles. The minimum atomic E-state index is -0.548. The van der Waals surface area contributed by atoms with Crippen LogP contribution in [0.15, 0.2) is 40.9 Å². The number of hydrogen-bond donors (Lipinski definition) is 0. The van der Waals surface area contributed by atoms with Crippen LogP contribution in [0.3, 0.4) is 0 Å². The molecule has 2 aromatic rings. The molecule has 1 nitrogen and oxygen atoms in total. The van der Waals surface area contributed by atoms with E-state index in [4.69, 9.17) is 11.6 Å². The van der Waals surface area contributed by atoms with Crippen molar-refractivity contribution in [3.8, 4) is 0 Å². The Bertz CT molecular complexity index is 623. The van der Waals surface area contributed by atoms with Gasteiger partial charge in [0.1, 0.15) is 11.6 Å². The third kappa shape index (κ3) is 3.01. The van der Waals surface area contributed by atoms with Crippen LogP contribution in [0, 0.1) is 11.6 Å². The summed E-state index contributed by atoms with van der Waals surface area (Å²) < 4.78 is 27.0. The van der Waals surface area contributed by atoms with Crippen molar-refractivity contribution < 1.29 is 13.6 Å². The van der Waals surface area contributed by atoms with Gasteiger partial charge < -0.3 is 0 Å². The highest BCUT2D eigenvalue weighted by Gasteiger charge is 2.17. The molecule has 0 aliphatic rings. The van der Waals surface area contributed by atoms with Crippen molar-refractivity contribution in [1.29, 1.82) is 0 Å². The maximum absolute atomic E-state index is 13.6. The van der Waals surface area contributed by atoms with Crippen molar-refractivity contribution in [1.82, 2.24) is 0 Å². The normalized spacial score (nSPS) is 10.5. The molecule has 0 heterocycles. The van der Waals surface area contributed by atoms with Crippen LogP contribution >= 0.6 is 27.5 Å². The van der Waals surface area contributed by atoms with E-state index in [0.717, 1.165) is 0 Å². The van der Waals surface area contributed by atoms with E-state index in [1.54, 1.807) is 0 Å². The van der Waals surface area contributed by atoms with E-state index < -0.39 is 17.4 Å². The minimum absolute atomic E-state index is 0.0764. The lowest BCUT2D eigenvalue weighted by molar-refractivity contribution is 0.0990. The molecule has 19 heavy (non-hydrogen) atoms. The Kier molecular flexibility index (Phi) is 4.32. The van der Waals surface area contributed by atoms with Gasteiger partial charge >= 0.3 is 0 Å². The molecule has 0 spiro atoms. The molecule has 2 aromatic carbocycles. The number of Topliss-reactive ketones (excluding diaryl/α,β-unsaturated/α-hetero) is 1. The van der Waals surface area contributed by atoms with Gasteiger partial charge in [0.05, 0.1) is 4.47 Å². The lowest BCUT2D eigenvalue weighted by Gasteiger charge is -2.07. The van der Waals surface area contributed by atoms with Crippen LogP contribution in [0.2, 0.25) is 5.02 Å². The molecule has 0 saturated heterocycles. The number of ketones is 1. The van der Waals surface area contributed by atoms with Gasteiger partial charge in [-0.2, -0.15) is 0 Å². The summed E-state index contributed by atoms with van der Waals surface area (Å²) in [5.74, 6) is -1.49. The van der Waals surface area contributed by atoms with Crippen molar-refractivity contribution in [2.24, 2.45) is 0 Å². The molecule has 0 unspecified atom stereocenters. The summed E-state index contributed by atoms with van der Waals surface area (Å²) in [5, 5.41) is 0.181. The number of carbonyl (C=O) groups is 1. The summed E-state index contributed by atoms with van der Waals surface area (Å²) in [4.78, 5) is 12.1. The van der Waals surface area contributed by atoms with Crippen LogP contribution in [-0.2, 0) is 6.42 Å². The van der Waals surface area contributed by atoms with Gasteiger partial charge in [-0.1, -0.05) is 29.8 Å². The van der Waals surface area contributed by atoms with Gasteiger partial charge in [0, 0.05) is 22.6 Å². The second-order valence-electron chi connectivity index (χ2n) is 3.90. The fourth-order valence-corrected chi connectivity index (χ4v) is 2.39. The Morgan fingerprint density at radius 1 is 1.11 bits per heavy atom. The summed E-state index contributed by atoms with van der Waals surface area (Å²) in [6, 6.07) is 8.34. The molecular weight excluding hydrogens is 338 g/mol. The van der Waals surface area contributed by atoms with E-state index in [1.165, 1.54) is 36.4 Å². The number of carbonyl (C=O) groups excluding carboxylic acids is 1. The minimum Gasteiger partial charge on any atom is -0.294 e. The lowest BCUT2D eigenvalue weighted by Crippen LogP contribution is -2.07. The van der Waals surface area contributed by atoms with E-state index in [1.807, 2.05) is 0 Å². The zero-order valence-electron chi connectivity index (χ0n) is 9.59. The maximum Gasteiger partial charge on any atom is 0.168 e. The molecular formula is C14H8BrClF2O. The molecule has 5 heteroatoms.